The molecule has 8 atom stereocenters. The van der Waals surface area contributed by atoms with Crippen LogP contribution < -0.4 is 0 Å². The largest absolute Gasteiger partial charge is 0.465 e. The molecule has 12 nitrogen and oxygen atoms in total. The van der Waals surface area contributed by atoms with E-state index in [4.69, 9.17) is 18.9 Å². The van der Waals surface area contributed by atoms with Crippen LogP contribution >= 0.6 is 0 Å². The topological polar surface area (TPSA) is 159 Å². The Labute approximate surface area is 294 Å². The molecule has 0 bridgehead atoms. The molecule has 2 amide bonds. The van der Waals surface area contributed by atoms with Crippen LogP contribution in [0.3, 0.4) is 0 Å². The number of carbonyl (C=O) groups is 4. The van der Waals surface area contributed by atoms with E-state index in [0.717, 1.165) is 49.7 Å². The summed E-state index contributed by atoms with van der Waals surface area (Å²) in [6.07, 6.45) is 9.98. The summed E-state index contributed by atoms with van der Waals surface area (Å²) in [5.41, 5.74) is 2.30. The van der Waals surface area contributed by atoms with Crippen LogP contribution in [0, 0.1) is 11.8 Å². The number of amides is 2. The molecule has 2 N–H and O–H groups in total. The molecule has 4 fully saturated rings. The summed E-state index contributed by atoms with van der Waals surface area (Å²) in [5.74, 6) is -1.01. The zero-order valence-corrected chi connectivity index (χ0v) is 29.4. The van der Waals surface area contributed by atoms with Crippen LogP contribution in [-0.2, 0) is 28.5 Å². The second-order valence-electron chi connectivity index (χ2n) is 15.4. The molecule has 2 aliphatic carbocycles. The van der Waals surface area contributed by atoms with Gasteiger partial charge < -0.3 is 39.0 Å². The number of esters is 2. The molecule has 0 spiro atoms. The molecule has 4 saturated heterocycles. The quantitative estimate of drug-likeness (QED) is 0.0861. The lowest BCUT2D eigenvalue weighted by Gasteiger charge is -2.24. The highest BCUT2D eigenvalue weighted by Crippen LogP contribution is 2.51. The van der Waals surface area contributed by atoms with Crippen molar-refractivity contribution in [2.45, 2.75) is 127 Å². The number of fused-ring (bicyclic) bond motifs is 6. The normalized spacial score (nSPS) is 36.9. The molecule has 6 rings (SSSR count). The number of rotatable bonds is 11. The number of allylic oxidation sites excluding steroid dienone is 2. The predicted octanol–water partition coefficient (Wildman–Crippen LogP) is 6.02. The van der Waals surface area contributed by atoms with E-state index in [-0.39, 0.29) is 59.4 Å². The van der Waals surface area contributed by atoms with Crippen LogP contribution in [0.2, 0.25) is 0 Å². The molecule has 0 aromatic carbocycles. The fourth-order valence-corrected chi connectivity index (χ4v) is 8.46. The van der Waals surface area contributed by atoms with Gasteiger partial charge in [0.15, 0.2) is 0 Å². The first-order valence-corrected chi connectivity index (χ1v) is 18.3. The third kappa shape index (κ3) is 7.81. The third-order valence-electron chi connectivity index (χ3n) is 11.8. The van der Waals surface area contributed by atoms with Gasteiger partial charge in [0, 0.05) is 49.2 Å². The summed E-state index contributed by atoms with van der Waals surface area (Å²) in [4.78, 5) is 51.9. The summed E-state index contributed by atoms with van der Waals surface area (Å²) in [7, 11) is 0. The summed E-state index contributed by atoms with van der Waals surface area (Å²) in [6, 6.07) is 0. The first-order chi connectivity index (χ1) is 23.8. The Hall–Kier alpha value is -3.64. The monoisotopic (exact) mass is 696 g/mol. The van der Waals surface area contributed by atoms with E-state index < -0.39 is 12.2 Å². The van der Waals surface area contributed by atoms with Crippen molar-refractivity contribution in [3.63, 3.8) is 0 Å². The molecular weight excluding hydrogens is 644 g/mol. The average Bonchev–Trinajstić information content (AvgIpc) is 3.87. The van der Waals surface area contributed by atoms with Crippen LogP contribution in [0.15, 0.2) is 47.6 Å². The van der Waals surface area contributed by atoms with Crippen molar-refractivity contribution in [2.75, 3.05) is 26.2 Å². The van der Waals surface area contributed by atoms with Gasteiger partial charge in [-0.05, 0) is 78.1 Å². The number of unbranched alkanes of at least 4 members (excludes halogenated alkanes) is 3. The lowest BCUT2D eigenvalue weighted by atomic mass is 9.84. The van der Waals surface area contributed by atoms with Gasteiger partial charge in [0.25, 0.3) is 0 Å². The smallest absolute Gasteiger partial charge is 0.407 e. The Kier molecular flexibility index (Phi) is 10.5. The van der Waals surface area contributed by atoms with Crippen LogP contribution in [0.5, 0.6) is 0 Å². The minimum Gasteiger partial charge on any atom is -0.465 e. The molecule has 0 radical (unpaired) electrons. The van der Waals surface area contributed by atoms with E-state index in [2.05, 4.69) is 25.3 Å². The predicted molar refractivity (Wildman–Crippen MR) is 182 cm³/mol. The summed E-state index contributed by atoms with van der Waals surface area (Å²) in [5, 5.41) is 20.0. The van der Waals surface area contributed by atoms with Crippen molar-refractivity contribution in [3.8, 4) is 0 Å². The first-order valence-electron chi connectivity index (χ1n) is 18.3. The number of carboxylic acid groups (broad SMARTS) is 2. The summed E-state index contributed by atoms with van der Waals surface area (Å²) < 4.78 is 23.2. The van der Waals surface area contributed by atoms with E-state index in [1.807, 2.05) is 13.8 Å². The number of nitrogens with zero attached hydrogens (tertiary/aromatic N) is 2. The Morgan fingerprint density at radius 3 is 1.52 bits per heavy atom. The SMILES string of the molecule is C=C1C(=O)O[C@H]2[C@H]1CC/C(CN(CCCCCCN(C/C1=C/CC[C@@]3(C)O[C@H]3[C@H]3OC(=O)C(=C)[C@@H]3CC1)C(=O)O)C(=O)O)=C\CC[C@@]1(C)O[C@@H]21. The maximum atomic E-state index is 12.3. The van der Waals surface area contributed by atoms with Crippen molar-refractivity contribution >= 4 is 24.1 Å². The Morgan fingerprint density at radius 1 is 0.740 bits per heavy atom. The standard InChI is InChI=1S/C38H52N2O10/c1-23-27-15-13-25(11-9-17-37(3)31(49-37)29(27)47-33(23)41)21-39(35(43)44)19-7-5-6-8-20-40(36(45)46)22-26-12-10-18-38(4)32(50-38)30-28(16-14-26)24(2)34(42)48-30/h11-12,27-32H,1-2,5-10,13-22H2,3-4H3,(H,43,44)(H,45,46)/b25-11+,26-12+/t27-,28-,29-,30-,31-,32-,37+,38+/m0/s1. The van der Waals surface area contributed by atoms with Gasteiger partial charge in [0.05, 0.1) is 11.2 Å². The average molecular weight is 697 g/mol. The third-order valence-corrected chi connectivity index (χ3v) is 11.8. The van der Waals surface area contributed by atoms with Gasteiger partial charge in [-0.3, -0.25) is 0 Å². The zero-order valence-electron chi connectivity index (χ0n) is 29.4. The second-order valence-corrected chi connectivity index (χ2v) is 15.4. The molecule has 0 aromatic heterocycles. The molecule has 0 saturated carbocycles. The number of ether oxygens (including phenoxy) is 4. The van der Waals surface area contributed by atoms with Crippen molar-refractivity contribution in [1.82, 2.24) is 9.80 Å². The molecule has 274 valence electrons. The highest BCUT2D eigenvalue weighted by molar-refractivity contribution is 5.91. The lowest BCUT2D eigenvalue weighted by Crippen LogP contribution is -2.34. The maximum Gasteiger partial charge on any atom is 0.407 e. The molecule has 4 heterocycles. The number of hydrogen-bond donors (Lipinski definition) is 2. The van der Waals surface area contributed by atoms with Crippen LogP contribution in [-0.4, -0.2) is 106 Å². The van der Waals surface area contributed by atoms with Crippen LogP contribution in [0.1, 0.15) is 90.9 Å². The van der Waals surface area contributed by atoms with E-state index >= 15 is 0 Å². The second kappa shape index (κ2) is 14.5. The van der Waals surface area contributed by atoms with Crippen molar-refractivity contribution in [2.24, 2.45) is 11.8 Å². The molecule has 0 unspecified atom stereocenters. The van der Waals surface area contributed by atoms with Crippen molar-refractivity contribution < 1.29 is 48.3 Å². The van der Waals surface area contributed by atoms with Gasteiger partial charge in [0.2, 0.25) is 0 Å². The van der Waals surface area contributed by atoms with Crippen LogP contribution in [0.4, 0.5) is 9.59 Å². The first kappa shape index (κ1) is 36.2. The number of epoxide rings is 2. The minimum atomic E-state index is -0.973. The Bertz CT molecular complexity index is 1360. The van der Waals surface area contributed by atoms with E-state index in [1.54, 1.807) is 0 Å². The van der Waals surface area contributed by atoms with Gasteiger partial charge in [0.1, 0.15) is 24.4 Å². The minimum absolute atomic E-state index is 0.120. The molecule has 12 heteroatoms. The zero-order chi connectivity index (χ0) is 35.8. The van der Waals surface area contributed by atoms with Gasteiger partial charge in [-0.15, -0.1) is 0 Å². The number of carbonyl (C=O) groups excluding carboxylic acids is 2. The Morgan fingerprint density at radius 2 is 1.14 bits per heavy atom. The summed E-state index contributed by atoms with van der Waals surface area (Å²) >= 11 is 0. The number of hydrogen-bond acceptors (Lipinski definition) is 8. The highest BCUT2D eigenvalue weighted by atomic mass is 16.7. The van der Waals surface area contributed by atoms with Gasteiger partial charge in [-0.25, -0.2) is 19.2 Å². The van der Waals surface area contributed by atoms with E-state index in [1.165, 1.54) is 9.80 Å². The van der Waals surface area contributed by atoms with Gasteiger partial charge >= 0.3 is 24.1 Å². The highest BCUT2D eigenvalue weighted by Gasteiger charge is 2.62. The van der Waals surface area contributed by atoms with Crippen LogP contribution in [0.25, 0.3) is 0 Å². The maximum absolute atomic E-state index is 12.3. The van der Waals surface area contributed by atoms with Gasteiger partial charge in [-0.1, -0.05) is 49.3 Å². The molecule has 50 heavy (non-hydrogen) atoms. The summed E-state index contributed by atoms with van der Waals surface area (Å²) in [6.45, 7) is 13.4. The lowest BCUT2D eigenvalue weighted by molar-refractivity contribution is -0.140. The molecule has 6 aliphatic rings. The van der Waals surface area contributed by atoms with Gasteiger partial charge in [-0.2, -0.15) is 0 Å². The van der Waals surface area contributed by atoms with E-state index in [0.29, 0.717) is 75.9 Å². The molecule has 0 aromatic rings. The fourth-order valence-electron chi connectivity index (χ4n) is 8.46. The molecule has 4 aliphatic heterocycles. The Balaban J connectivity index is 0.959. The molecular formula is C38H52N2O10. The fraction of sp³-hybridized carbons (Fsp3) is 0.684. The van der Waals surface area contributed by atoms with Crippen molar-refractivity contribution in [1.29, 1.82) is 0 Å². The van der Waals surface area contributed by atoms with E-state index in [9.17, 15) is 29.4 Å². The van der Waals surface area contributed by atoms with Crippen molar-refractivity contribution in [3.05, 3.63) is 47.6 Å².